The summed E-state index contributed by atoms with van der Waals surface area (Å²) < 4.78 is 13.8. The molecule has 0 saturated heterocycles. The van der Waals surface area contributed by atoms with Crippen LogP contribution in [-0.2, 0) is 4.79 Å². The third kappa shape index (κ3) is 8.75. The topological polar surface area (TPSA) is 105 Å². The number of benzene rings is 1. The third-order valence-corrected chi connectivity index (χ3v) is 4.48. The number of carbonyl (C=O) groups is 2. The largest absolute Gasteiger partial charge is 0.481 e. The van der Waals surface area contributed by atoms with Crippen LogP contribution in [0.5, 0.6) is 0 Å². The Bertz CT molecular complexity index is 877. The summed E-state index contributed by atoms with van der Waals surface area (Å²) in [6, 6.07) is 4.09. The smallest absolute Gasteiger partial charge is 0.307 e. The number of carboxylic acid groups (broad SMARTS) is 1. The summed E-state index contributed by atoms with van der Waals surface area (Å²) in [6.07, 6.45) is 4.26. The highest BCUT2D eigenvalue weighted by molar-refractivity contribution is 7.18. The molecule has 0 saturated carbocycles. The highest BCUT2D eigenvalue weighted by Gasteiger charge is 2.23. The van der Waals surface area contributed by atoms with Gasteiger partial charge >= 0.3 is 5.97 Å². The quantitative estimate of drug-likeness (QED) is 0.341. The van der Waals surface area contributed by atoms with E-state index >= 15 is 0 Å². The second-order valence-corrected chi connectivity index (χ2v) is 6.87. The van der Waals surface area contributed by atoms with E-state index in [1.807, 2.05) is 33.8 Å². The van der Waals surface area contributed by atoms with Gasteiger partial charge in [0.15, 0.2) is 5.13 Å². The first-order valence-electron chi connectivity index (χ1n) is 9.22. The summed E-state index contributed by atoms with van der Waals surface area (Å²) in [6.45, 7) is 11.1. The molecule has 30 heavy (non-hydrogen) atoms. The first kappa shape index (κ1) is 27.3. The molecule has 0 radical (unpaired) electrons. The number of nitrogens with zero attached hydrogens (tertiary/aromatic N) is 1. The number of anilines is 2. The zero-order valence-electron chi connectivity index (χ0n) is 17.5. The number of nitrogens with two attached hydrogens (primary N) is 1. The lowest BCUT2D eigenvalue weighted by Crippen LogP contribution is -2.06. The Hall–Kier alpha value is -2.71. The fraction of sp³-hybridized carbons (Fsp3) is 0.286. The number of allylic oxidation sites excluding steroid dienone is 2. The normalized spacial score (nSPS) is 10.1. The molecule has 0 atom stereocenters. The van der Waals surface area contributed by atoms with Gasteiger partial charge in [-0.15, -0.1) is 6.58 Å². The summed E-state index contributed by atoms with van der Waals surface area (Å²) in [4.78, 5) is 26.2. The van der Waals surface area contributed by atoms with E-state index in [-0.39, 0.29) is 27.7 Å². The van der Waals surface area contributed by atoms with Crippen LogP contribution >= 0.6 is 22.9 Å². The molecule has 0 spiro atoms. The molecule has 0 aliphatic carbocycles. The van der Waals surface area contributed by atoms with Crippen molar-refractivity contribution in [2.24, 2.45) is 0 Å². The van der Waals surface area contributed by atoms with Crippen molar-refractivity contribution in [2.75, 3.05) is 11.1 Å². The molecule has 2 aromatic rings. The van der Waals surface area contributed by atoms with Crippen molar-refractivity contribution in [3.8, 4) is 0 Å². The summed E-state index contributed by atoms with van der Waals surface area (Å²) in [5.41, 5.74) is 6.50. The van der Waals surface area contributed by atoms with Gasteiger partial charge in [-0.25, -0.2) is 9.37 Å². The van der Waals surface area contributed by atoms with Gasteiger partial charge in [0.2, 0.25) is 5.78 Å². The number of aliphatic carboxylic acids is 1. The van der Waals surface area contributed by atoms with Crippen LogP contribution in [-0.4, -0.2) is 21.8 Å². The highest BCUT2D eigenvalue weighted by atomic mass is 35.5. The molecule has 0 aliphatic rings. The highest BCUT2D eigenvalue weighted by Crippen LogP contribution is 2.31. The predicted molar refractivity (Wildman–Crippen MR) is 123 cm³/mol. The Labute approximate surface area is 185 Å². The van der Waals surface area contributed by atoms with Gasteiger partial charge in [0.25, 0.3) is 0 Å². The van der Waals surface area contributed by atoms with Gasteiger partial charge < -0.3 is 16.2 Å². The van der Waals surface area contributed by atoms with Crippen molar-refractivity contribution in [3.63, 3.8) is 0 Å². The van der Waals surface area contributed by atoms with E-state index in [9.17, 15) is 14.0 Å². The van der Waals surface area contributed by atoms with Crippen molar-refractivity contribution < 1.29 is 19.1 Å². The van der Waals surface area contributed by atoms with Gasteiger partial charge in [0.1, 0.15) is 16.5 Å². The zero-order chi connectivity index (χ0) is 23.3. The fourth-order valence-electron chi connectivity index (χ4n) is 2.03. The van der Waals surface area contributed by atoms with E-state index in [4.69, 9.17) is 22.4 Å². The van der Waals surface area contributed by atoms with E-state index in [1.54, 1.807) is 0 Å². The van der Waals surface area contributed by atoms with Crippen LogP contribution in [0.1, 0.15) is 55.8 Å². The number of thiazole rings is 1. The Morgan fingerprint density at radius 2 is 2.03 bits per heavy atom. The fourth-order valence-corrected chi connectivity index (χ4v) is 3.17. The number of hydrogen-bond acceptors (Lipinski definition) is 6. The summed E-state index contributed by atoms with van der Waals surface area (Å²) in [7, 11) is 0. The van der Waals surface area contributed by atoms with Crippen molar-refractivity contribution in [1.29, 1.82) is 0 Å². The second kappa shape index (κ2) is 14.3. The molecule has 6 nitrogen and oxygen atoms in total. The van der Waals surface area contributed by atoms with Crippen LogP contribution in [0.15, 0.2) is 42.6 Å². The number of ketones is 1. The minimum absolute atomic E-state index is 0.0503. The standard InChI is InChI=1S/C15H15ClFN3OS.C4H6O2.C2H6/c1-3-5-8(2)19-15-20-14(18)13(22-15)12(21)11-9(16)6-4-7-10(11)17;1-2-3-4(5)6;1-2/h4-7H,3,18H2,1-2H3,(H,19,20);2H,1,3H2,(H,5,6);1-2H3/b8-5+;;. The van der Waals surface area contributed by atoms with Crippen LogP contribution in [0, 0.1) is 5.82 Å². The van der Waals surface area contributed by atoms with E-state index < -0.39 is 17.6 Å². The molecule has 2 rings (SSSR count). The lowest BCUT2D eigenvalue weighted by atomic mass is 10.1. The Morgan fingerprint density at radius 3 is 2.50 bits per heavy atom. The molecule has 0 amide bonds. The average Bonchev–Trinajstić information content (AvgIpc) is 3.03. The molecule has 0 aliphatic heterocycles. The number of carboxylic acids is 1. The minimum atomic E-state index is -0.829. The number of halogens is 2. The van der Waals surface area contributed by atoms with Crippen LogP contribution in [0.2, 0.25) is 5.02 Å². The van der Waals surface area contributed by atoms with Gasteiger partial charge in [-0.05, 0) is 25.5 Å². The molecule has 164 valence electrons. The van der Waals surface area contributed by atoms with Gasteiger partial charge in [-0.1, -0.05) is 61.9 Å². The lowest BCUT2D eigenvalue weighted by molar-refractivity contribution is -0.135. The molecule has 9 heteroatoms. The number of nitrogens with one attached hydrogen (secondary N) is 1. The maximum atomic E-state index is 13.8. The molecule has 1 heterocycles. The monoisotopic (exact) mass is 455 g/mol. The maximum Gasteiger partial charge on any atom is 0.307 e. The van der Waals surface area contributed by atoms with Crippen molar-refractivity contribution in [3.05, 3.63) is 63.9 Å². The average molecular weight is 456 g/mol. The Morgan fingerprint density at radius 1 is 1.40 bits per heavy atom. The molecule has 4 N–H and O–H groups in total. The molecular weight excluding hydrogens is 429 g/mol. The van der Waals surface area contributed by atoms with E-state index in [0.29, 0.717) is 5.13 Å². The van der Waals surface area contributed by atoms with E-state index in [0.717, 1.165) is 23.5 Å². The van der Waals surface area contributed by atoms with Gasteiger partial charge in [0, 0.05) is 5.70 Å². The second-order valence-electron chi connectivity index (χ2n) is 5.47. The van der Waals surface area contributed by atoms with Crippen LogP contribution in [0.4, 0.5) is 15.3 Å². The van der Waals surface area contributed by atoms with Crippen LogP contribution in [0.25, 0.3) is 0 Å². The first-order chi connectivity index (χ1) is 14.2. The van der Waals surface area contributed by atoms with Crippen LogP contribution in [0.3, 0.4) is 0 Å². The first-order valence-corrected chi connectivity index (χ1v) is 10.4. The number of rotatable bonds is 7. The molecule has 0 fully saturated rings. The molecule has 1 aromatic heterocycles. The SMILES string of the molecule is C=CCC(=O)O.CC.CC/C=C(\C)Nc1nc(N)c(C(=O)c2c(F)cccc2Cl)s1. The maximum absolute atomic E-state index is 13.8. The summed E-state index contributed by atoms with van der Waals surface area (Å²) in [5, 5.41) is 11.4. The number of nitrogen functional groups attached to an aromatic ring is 1. The number of aromatic nitrogens is 1. The molecule has 0 bridgehead atoms. The number of hydrogen-bond donors (Lipinski definition) is 3. The van der Waals surface area contributed by atoms with Crippen molar-refractivity contribution in [2.45, 2.75) is 40.5 Å². The lowest BCUT2D eigenvalue weighted by Gasteiger charge is -2.03. The summed E-state index contributed by atoms with van der Waals surface area (Å²) >= 11 is 6.99. The van der Waals surface area contributed by atoms with Crippen molar-refractivity contribution in [1.82, 2.24) is 4.98 Å². The summed E-state index contributed by atoms with van der Waals surface area (Å²) in [5.74, 6) is -2.02. The predicted octanol–water partition coefficient (Wildman–Crippen LogP) is 6.15. The van der Waals surface area contributed by atoms with E-state index in [2.05, 4.69) is 16.9 Å². The minimum Gasteiger partial charge on any atom is -0.481 e. The van der Waals surface area contributed by atoms with Crippen LogP contribution < -0.4 is 11.1 Å². The number of carbonyl (C=O) groups excluding carboxylic acids is 1. The molecule has 1 aromatic carbocycles. The van der Waals surface area contributed by atoms with Gasteiger partial charge in [-0.3, -0.25) is 9.59 Å². The Balaban J connectivity index is 0.000000905. The van der Waals surface area contributed by atoms with Crippen molar-refractivity contribution >= 4 is 45.6 Å². The molecular formula is C21H27ClFN3O3S. The van der Waals surface area contributed by atoms with Gasteiger partial charge in [-0.2, -0.15) is 0 Å². The zero-order valence-corrected chi connectivity index (χ0v) is 19.0. The van der Waals surface area contributed by atoms with Gasteiger partial charge in [0.05, 0.1) is 17.0 Å². The van der Waals surface area contributed by atoms with E-state index in [1.165, 1.54) is 24.3 Å². The molecule has 0 unspecified atom stereocenters. The Kier molecular flexibility index (Phi) is 13.0. The third-order valence-electron chi connectivity index (χ3n) is 3.18.